The number of hydrogen-bond acceptors (Lipinski definition) is 12. The summed E-state index contributed by atoms with van der Waals surface area (Å²) in [4.78, 5) is 78.9. The van der Waals surface area contributed by atoms with E-state index in [2.05, 4.69) is 0 Å². The molecule has 6 atom stereocenters. The van der Waals surface area contributed by atoms with Gasteiger partial charge in [-0.3, -0.25) is 28.8 Å². The minimum atomic E-state index is -1.07. The first-order chi connectivity index (χ1) is 20.9. The lowest BCUT2D eigenvalue weighted by atomic mass is 9.75. The lowest BCUT2D eigenvalue weighted by Gasteiger charge is -2.35. The van der Waals surface area contributed by atoms with Gasteiger partial charge >= 0.3 is 11.9 Å². The molecule has 8 rings (SSSR count). The number of carbonyl (C=O) groups is 6. The molecule has 0 radical (unpaired) electrons. The topological polar surface area (TPSA) is 180 Å². The highest BCUT2D eigenvalue weighted by atomic mass is 16.6. The first-order valence-corrected chi connectivity index (χ1v) is 14.1. The monoisotopic (exact) mass is 598 g/mol. The molecule has 44 heavy (non-hydrogen) atoms. The molecule has 222 valence electrons. The maximum absolute atomic E-state index is 13.9. The van der Waals surface area contributed by atoms with E-state index >= 15 is 0 Å². The molecule has 0 aromatic heterocycles. The van der Waals surface area contributed by atoms with Gasteiger partial charge in [0.2, 0.25) is 0 Å². The van der Waals surface area contributed by atoms with Gasteiger partial charge in [-0.1, -0.05) is 0 Å². The lowest BCUT2D eigenvalue weighted by molar-refractivity contribution is -0.141. The molecule has 0 saturated carbocycles. The Morgan fingerprint density at radius 2 is 0.955 bits per heavy atom. The number of benzene rings is 2. The van der Waals surface area contributed by atoms with Crippen LogP contribution in [0.4, 0.5) is 0 Å². The number of phenols is 2. The molecular weight excluding hydrogens is 576 g/mol. The van der Waals surface area contributed by atoms with E-state index in [9.17, 15) is 39.0 Å². The zero-order valence-corrected chi connectivity index (χ0v) is 23.2. The summed E-state index contributed by atoms with van der Waals surface area (Å²) >= 11 is 0. The van der Waals surface area contributed by atoms with E-state index in [1.165, 1.54) is 24.3 Å². The lowest BCUT2D eigenvalue weighted by Crippen LogP contribution is -2.44. The summed E-state index contributed by atoms with van der Waals surface area (Å²) in [5.74, 6) is -4.71. The van der Waals surface area contributed by atoms with E-state index in [0.29, 0.717) is 0 Å². The number of ether oxygens (including phenoxy) is 4. The Kier molecular flexibility index (Phi) is 5.34. The fourth-order valence-electron chi connectivity index (χ4n) is 7.31. The number of carbonyl (C=O) groups excluding carboxylic acids is 6. The van der Waals surface area contributed by atoms with Crippen LogP contribution in [0.2, 0.25) is 0 Å². The average molecular weight is 599 g/mol. The molecule has 12 heteroatoms. The highest BCUT2D eigenvalue weighted by Gasteiger charge is 2.53. The van der Waals surface area contributed by atoms with Gasteiger partial charge in [0.25, 0.3) is 0 Å². The summed E-state index contributed by atoms with van der Waals surface area (Å²) in [6.07, 6.45) is -5.39. The molecule has 6 aliphatic rings. The Morgan fingerprint density at radius 3 is 1.43 bits per heavy atom. The molecule has 0 spiro atoms. The van der Waals surface area contributed by atoms with Crippen molar-refractivity contribution in [3.8, 4) is 22.6 Å². The summed E-state index contributed by atoms with van der Waals surface area (Å²) < 4.78 is 22.3. The average Bonchev–Trinajstić information content (AvgIpc) is 3.52. The summed E-state index contributed by atoms with van der Waals surface area (Å²) in [5, 5.41) is 22.1. The smallest absolute Gasteiger partial charge is 0.309 e. The second-order valence-electron chi connectivity index (χ2n) is 11.7. The zero-order valence-electron chi connectivity index (χ0n) is 23.2. The highest BCUT2D eigenvalue weighted by molar-refractivity contribution is 6.30. The number of rotatable bonds is 1. The molecule has 4 aliphatic heterocycles. The van der Waals surface area contributed by atoms with Crippen molar-refractivity contribution >= 4 is 35.1 Å². The fourth-order valence-corrected chi connectivity index (χ4v) is 7.31. The van der Waals surface area contributed by atoms with Crippen molar-refractivity contribution < 1.29 is 57.9 Å². The molecular formula is C32H22O12. The van der Waals surface area contributed by atoms with E-state index < -0.39 is 83.2 Å². The normalized spacial score (nSPS) is 30.3. The Hall–Kier alpha value is -4.94. The van der Waals surface area contributed by atoms with E-state index in [1.54, 1.807) is 13.8 Å². The largest absolute Gasteiger partial charge is 0.507 e. The van der Waals surface area contributed by atoms with Crippen LogP contribution in [0.15, 0.2) is 46.6 Å². The number of hydrogen-bond donors (Lipinski definition) is 2. The number of ketones is 4. The Labute approximate surface area is 247 Å². The molecule has 2 saturated heterocycles. The van der Waals surface area contributed by atoms with Crippen molar-refractivity contribution in [2.24, 2.45) is 0 Å². The molecule has 12 nitrogen and oxygen atoms in total. The van der Waals surface area contributed by atoms with E-state index in [0.717, 1.165) is 0 Å². The standard InChI is InChI=1S/C32H22O12/c1-9-21-26(32-18(41-9)8-20(36)44-32)30(40)24-13(27(21)37)3-11(6-16(24)34)12-4-14-23(15(33)5-12)29(39)22-10(2)42-17-7-19(35)43-31(17)25(22)28(14)38/h3-6,9-10,17-18,31-34H,7-8H2,1-2H3. The van der Waals surface area contributed by atoms with Crippen LogP contribution in [-0.2, 0) is 28.5 Å². The van der Waals surface area contributed by atoms with Crippen molar-refractivity contribution in [1.82, 2.24) is 0 Å². The van der Waals surface area contributed by atoms with Crippen LogP contribution in [0.1, 0.15) is 68.1 Å². The minimum absolute atomic E-state index is 0.000571. The highest BCUT2D eigenvalue weighted by Crippen LogP contribution is 2.46. The molecule has 2 N–H and O–H groups in total. The molecule has 2 aliphatic carbocycles. The molecule has 0 bridgehead atoms. The van der Waals surface area contributed by atoms with Gasteiger partial charge in [0.1, 0.15) is 23.7 Å². The molecule has 4 heterocycles. The summed E-state index contributed by atoms with van der Waals surface area (Å²) in [6.45, 7) is 3.17. The SMILES string of the molecule is CC1OC2CC(=O)OC2C2=C1C(=O)c1c(O)cc(-c3cc(O)c4c(c3)C(=O)C3=C(C4=O)C4OC(=O)CC4OC3C)cc1C2=O. The molecule has 2 aromatic carbocycles. The Balaban J connectivity index is 1.24. The van der Waals surface area contributed by atoms with Crippen molar-refractivity contribution in [2.45, 2.75) is 63.3 Å². The fraction of sp³-hybridized carbons (Fsp3) is 0.312. The quantitative estimate of drug-likeness (QED) is 0.458. The maximum atomic E-state index is 13.9. The third kappa shape index (κ3) is 3.40. The van der Waals surface area contributed by atoms with Gasteiger partial charge in [-0.05, 0) is 49.2 Å². The van der Waals surface area contributed by atoms with Crippen LogP contribution >= 0.6 is 0 Å². The van der Waals surface area contributed by atoms with Crippen LogP contribution in [0.3, 0.4) is 0 Å². The minimum Gasteiger partial charge on any atom is -0.507 e. The first-order valence-electron chi connectivity index (χ1n) is 14.1. The number of Topliss-reactive ketones (excluding diaryl/α,β-unsaturated/α-hetero) is 4. The second kappa shape index (κ2) is 8.80. The number of aromatic hydroxyl groups is 2. The predicted molar refractivity (Wildman–Crippen MR) is 144 cm³/mol. The number of fused-ring (bicyclic) bond motifs is 6. The van der Waals surface area contributed by atoms with E-state index in [4.69, 9.17) is 18.9 Å². The van der Waals surface area contributed by atoms with Crippen LogP contribution in [-0.4, -0.2) is 81.9 Å². The van der Waals surface area contributed by atoms with E-state index in [-0.39, 0.29) is 68.5 Å². The summed E-state index contributed by atoms with van der Waals surface area (Å²) in [7, 11) is 0. The van der Waals surface area contributed by atoms with Crippen LogP contribution < -0.4 is 0 Å². The first kappa shape index (κ1) is 26.7. The number of esters is 2. The predicted octanol–water partition coefficient (Wildman–Crippen LogP) is 2.32. The molecule has 2 fully saturated rings. The van der Waals surface area contributed by atoms with Crippen molar-refractivity contribution in [3.05, 3.63) is 68.8 Å². The van der Waals surface area contributed by atoms with Crippen LogP contribution in [0.25, 0.3) is 11.1 Å². The number of phenolic OH excluding ortho intramolecular Hbond substituents is 2. The summed E-state index contributed by atoms with van der Waals surface area (Å²) in [5.41, 5.74) is -0.423. The molecule has 0 amide bonds. The maximum Gasteiger partial charge on any atom is 0.309 e. The van der Waals surface area contributed by atoms with Gasteiger partial charge in [0, 0.05) is 22.3 Å². The second-order valence-corrected chi connectivity index (χ2v) is 11.7. The molecule has 6 unspecified atom stereocenters. The van der Waals surface area contributed by atoms with Crippen LogP contribution in [0.5, 0.6) is 11.5 Å². The van der Waals surface area contributed by atoms with Gasteiger partial charge in [-0.2, -0.15) is 0 Å². The van der Waals surface area contributed by atoms with Crippen LogP contribution in [0, 0.1) is 0 Å². The van der Waals surface area contributed by atoms with Crippen molar-refractivity contribution in [3.63, 3.8) is 0 Å². The van der Waals surface area contributed by atoms with Gasteiger partial charge < -0.3 is 29.2 Å². The summed E-state index contributed by atoms with van der Waals surface area (Å²) in [6, 6.07) is 5.13. The van der Waals surface area contributed by atoms with Gasteiger partial charge in [0.05, 0.1) is 47.3 Å². The van der Waals surface area contributed by atoms with Gasteiger partial charge in [0.15, 0.2) is 35.3 Å². The Morgan fingerprint density at radius 1 is 0.568 bits per heavy atom. The Bertz CT molecular complexity index is 1910. The van der Waals surface area contributed by atoms with Crippen molar-refractivity contribution in [2.75, 3.05) is 0 Å². The van der Waals surface area contributed by atoms with Crippen molar-refractivity contribution in [1.29, 1.82) is 0 Å². The third-order valence-corrected chi connectivity index (χ3v) is 9.14. The van der Waals surface area contributed by atoms with Gasteiger partial charge in [-0.15, -0.1) is 0 Å². The zero-order chi connectivity index (χ0) is 30.9. The van der Waals surface area contributed by atoms with E-state index in [1.807, 2.05) is 0 Å². The third-order valence-electron chi connectivity index (χ3n) is 9.14. The van der Waals surface area contributed by atoms with Gasteiger partial charge in [-0.25, -0.2) is 0 Å². The molecule has 2 aromatic rings.